The molecule has 27 heavy (non-hydrogen) atoms. The fraction of sp³-hybridized carbons (Fsp3) is 0.250. The Balaban J connectivity index is 1.71. The van der Waals surface area contributed by atoms with E-state index in [1.54, 1.807) is 30.9 Å². The van der Waals surface area contributed by atoms with Gasteiger partial charge in [0.1, 0.15) is 12.4 Å². The van der Waals surface area contributed by atoms with Crippen molar-refractivity contribution in [3.05, 3.63) is 60.9 Å². The van der Waals surface area contributed by atoms with Crippen LogP contribution in [-0.4, -0.2) is 51.5 Å². The van der Waals surface area contributed by atoms with Gasteiger partial charge in [-0.05, 0) is 36.4 Å². The molecule has 0 saturated carbocycles. The molecule has 1 saturated heterocycles. The number of imidazole rings is 1. The van der Waals surface area contributed by atoms with Gasteiger partial charge < -0.3 is 14.8 Å². The van der Waals surface area contributed by atoms with Gasteiger partial charge in [0.25, 0.3) is 0 Å². The summed E-state index contributed by atoms with van der Waals surface area (Å²) in [5.41, 5.74) is 3.17. The molecule has 3 aromatic rings. The lowest BCUT2D eigenvalue weighted by molar-refractivity contribution is -0.132. The first-order valence-electron chi connectivity index (χ1n) is 8.92. The lowest BCUT2D eigenvalue weighted by Crippen LogP contribution is -2.47. The SMILES string of the molecule is O=C(Cn1cnc(-c2ccc(F)cc2)c1-c1cccnc1)N1CCNCC1. The van der Waals surface area contributed by atoms with Crippen molar-refractivity contribution in [2.75, 3.05) is 26.2 Å². The number of hydrogen-bond acceptors (Lipinski definition) is 4. The monoisotopic (exact) mass is 365 g/mol. The van der Waals surface area contributed by atoms with E-state index < -0.39 is 0 Å². The molecular formula is C20H20FN5O. The third kappa shape index (κ3) is 3.73. The molecule has 2 aromatic heterocycles. The molecule has 0 atom stereocenters. The number of amides is 1. The van der Waals surface area contributed by atoms with Gasteiger partial charge in [0.05, 0.1) is 17.7 Å². The zero-order chi connectivity index (χ0) is 18.6. The summed E-state index contributed by atoms with van der Waals surface area (Å²) in [5.74, 6) is -0.236. The van der Waals surface area contributed by atoms with Gasteiger partial charge in [-0.1, -0.05) is 0 Å². The molecule has 138 valence electrons. The number of hydrogen-bond donors (Lipinski definition) is 1. The number of rotatable bonds is 4. The number of carbonyl (C=O) groups is 1. The summed E-state index contributed by atoms with van der Waals surface area (Å²) in [7, 11) is 0. The van der Waals surface area contributed by atoms with Crippen molar-refractivity contribution < 1.29 is 9.18 Å². The predicted molar refractivity (Wildman–Crippen MR) is 100 cm³/mol. The molecule has 0 spiro atoms. The van der Waals surface area contributed by atoms with E-state index in [2.05, 4.69) is 15.3 Å². The second-order valence-electron chi connectivity index (χ2n) is 6.45. The summed E-state index contributed by atoms with van der Waals surface area (Å²) in [6.45, 7) is 3.25. The highest BCUT2D eigenvalue weighted by atomic mass is 19.1. The smallest absolute Gasteiger partial charge is 0.242 e. The highest BCUT2D eigenvalue weighted by molar-refractivity contribution is 5.81. The molecule has 0 aliphatic carbocycles. The van der Waals surface area contributed by atoms with Crippen molar-refractivity contribution in [2.45, 2.75) is 6.54 Å². The number of halogens is 1. The van der Waals surface area contributed by atoms with Crippen LogP contribution in [0.1, 0.15) is 0 Å². The van der Waals surface area contributed by atoms with E-state index in [1.165, 1.54) is 12.1 Å². The lowest BCUT2D eigenvalue weighted by Gasteiger charge is -2.27. The summed E-state index contributed by atoms with van der Waals surface area (Å²) in [4.78, 5) is 23.3. The van der Waals surface area contributed by atoms with Crippen molar-refractivity contribution in [1.29, 1.82) is 0 Å². The van der Waals surface area contributed by atoms with Gasteiger partial charge in [-0.15, -0.1) is 0 Å². The lowest BCUT2D eigenvalue weighted by atomic mass is 10.1. The minimum absolute atomic E-state index is 0.0599. The molecule has 0 radical (unpaired) electrons. The number of piperazine rings is 1. The fourth-order valence-electron chi connectivity index (χ4n) is 3.29. The molecule has 0 bridgehead atoms. The average molecular weight is 365 g/mol. The minimum Gasteiger partial charge on any atom is -0.339 e. The zero-order valence-corrected chi connectivity index (χ0v) is 14.8. The van der Waals surface area contributed by atoms with Crippen LogP contribution < -0.4 is 5.32 Å². The Morgan fingerprint density at radius 2 is 1.89 bits per heavy atom. The molecule has 1 amide bonds. The number of pyridine rings is 1. The van der Waals surface area contributed by atoms with Gasteiger partial charge in [0.15, 0.2) is 0 Å². The number of aromatic nitrogens is 3. The van der Waals surface area contributed by atoms with Crippen LogP contribution in [0.5, 0.6) is 0 Å². The van der Waals surface area contributed by atoms with Crippen LogP contribution in [0, 0.1) is 5.82 Å². The topological polar surface area (TPSA) is 63.1 Å². The Morgan fingerprint density at radius 3 is 2.59 bits per heavy atom. The van der Waals surface area contributed by atoms with Gasteiger partial charge in [0.2, 0.25) is 5.91 Å². The van der Waals surface area contributed by atoms with Crippen molar-refractivity contribution in [3.63, 3.8) is 0 Å². The Bertz CT molecular complexity index is 917. The number of benzene rings is 1. The first kappa shape index (κ1) is 17.4. The first-order chi connectivity index (χ1) is 13.2. The molecule has 3 heterocycles. The van der Waals surface area contributed by atoms with Crippen molar-refractivity contribution in [3.8, 4) is 22.5 Å². The van der Waals surface area contributed by atoms with Gasteiger partial charge in [-0.25, -0.2) is 9.37 Å². The van der Waals surface area contributed by atoms with E-state index in [1.807, 2.05) is 21.6 Å². The van der Waals surface area contributed by atoms with Crippen LogP contribution in [0.4, 0.5) is 4.39 Å². The normalized spacial score (nSPS) is 14.3. The molecule has 1 aliphatic rings. The van der Waals surface area contributed by atoms with E-state index >= 15 is 0 Å². The predicted octanol–water partition coefficient (Wildman–Crippen LogP) is 2.18. The molecule has 1 fully saturated rings. The third-order valence-corrected chi connectivity index (χ3v) is 4.67. The third-order valence-electron chi connectivity index (χ3n) is 4.67. The van der Waals surface area contributed by atoms with E-state index in [0.717, 1.165) is 29.9 Å². The average Bonchev–Trinajstić information content (AvgIpc) is 3.13. The summed E-state index contributed by atoms with van der Waals surface area (Å²) >= 11 is 0. The molecule has 1 aromatic carbocycles. The number of nitrogens with zero attached hydrogens (tertiary/aromatic N) is 4. The van der Waals surface area contributed by atoms with Crippen LogP contribution in [0.3, 0.4) is 0 Å². The minimum atomic E-state index is -0.296. The van der Waals surface area contributed by atoms with Gasteiger partial charge in [-0.3, -0.25) is 9.78 Å². The second-order valence-corrected chi connectivity index (χ2v) is 6.45. The van der Waals surface area contributed by atoms with Crippen LogP contribution in [0.2, 0.25) is 0 Å². The first-order valence-corrected chi connectivity index (χ1v) is 8.92. The van der Waals surface area contributed by atoms with Gasteiger partial charge in [-0.2, -0.15) is 0 Å². The molecular weight excluding hydrogens is 345 g/mol. The summed E-state index contributed by atoms with van der Waals surface area (Å²) in [6.07, 6.45) is 5.12. The largest absolute Gasteiger partial charge is 0.339 e. The van der Waals surface area contributed by atoms with E-state index in [4.69, 9.17) is 0 Å². The summed E-state index contributed by atoms with van der Waals surface area (Å²) in [6, 6.07) is 9.99. The van der Waals surface area contributed by atoms with Gasteiger partial charge >= 0.3 is 0 Å². The van der Waals surface area contributed by atoms with E-state index in [-0.39, 0.29) is 18.3 Å². The Morgan fingerprint density at radius 1 is 1.11 bits per heavy atom. The zero-order valence-electron chi connectivity index (χ0n) is 14.8. The Labute approximate surface area is 156 Å². The van der Waals surface area contributed by atoms with Crippen molar-refractivity contribution in [2.24, 2.45) is 0 Å². The maximum atomic E-state index is 13.3. The molecule has 7 heteroatoms. The maximum Gasteiger partial charge on any atom is 0.242 e. The van der Waals surface area contributed by atoms with E-state index in [0.29, 0.717) is 18.8 Å². The van der Waals surface area contributed by atoms with Crippen LogP contribution >= 0.6 is 0 Å². The van der Waals surface area contributed by atoms with E-state index in [9.17, 15) is 9.18 Å². The maximum absolute atomic E-state index is 13.3. The summed E-state index contributed by atoms with van der Waals surface area (Å²) < 4.78 is 15.2. The van der Waals surface area contributed by atoms with Crippen LogP contribution in [0.25, 0.3) is 22.5 Å². The highest BCUT2D eigenvalue weighted by Gasteiger charge is 2.21. The second kappa shape index (κ2) is 7.67. The van der Waals surface area contributed by atoms with Crippen LogP contribution in [-0.2, 0) is 11.3 Å². The summed E-state index contributed by atoms with van der Waals surface area (Å²) in [5, 5.41) is 3.25. The molecule has 6 nitrogen and oxygen atoms in total. The standard InChI is InChI=1S/C20H20FN5O/c21-17-5-3-15(4-6-17)19-20(16-2-1-7-23-12-16)26(14-24-19)13-18(27)25-10-8-22-9-11-25/h1-7,12,14,22H,8-11,13H2. The number of nitrogens with one attached hydrogen (secondary N) is 1. The quantitative estimate of drug-likeness (QED) is 0.770. The van der Waals surface area contributed by atoms with Gasteiger partial charge in [0, 0.05) is 49.7 Å². The molecule has 1 N–H and O–H groups in total. The molecule has 4 rings (SSSR count). The number of carbonyl (C=O) groups excluding carboxylic acids is 1. The Kier molecular flexibility index (Phi) is 4.93. The fourth-order valence-corrected chi connectivity index (χ4v) is 3.29. The van der Waals surface area contributed by atoms with Crippen molar-refractivity contribution in [1.82, 2.24) is 24.8 Å². The highest BCUT2D eigenvalue weighted by Crippen LogP contribution is 2.31. The van der Waals surface area contributed by atoms with Crippen LogP contribution in [0.15, 0.2) is 55.1 Å². The Hall–Kier alpha value is -3.06. The molecule has 1 aliphatic heterocycles. The van der Waals surface area contributed by atoms with Crippen molar-refractivity contribution >= 4 is 5.91 Å². The molecule has 0 unspecified atom stereocenters.